The Hall–Kier alpha value is -2.03. The molecule has 1 saturated heterocycles. The maximum absolute atomic E-state index is 9.39. The Morgan fingerprint density at radius 2 is 2.11 bits per heavy atom. The average molecular weight is 387 g/mol. The molecule has 0 amide bonds. The zero-order chi connectivity index (χ0) is 18.4. The Morgan fingerprint density at radius 3 is 2.93 bits per heavy atom. The normalized spacial score (nSPS) is 18.2. The molecule has 0 saturated carbocycles. The van der Waals surface area contributed by atoms with Crippen LogP contribution < -0.4 is 15.2 Å². The molecule has 7 nitrogen and oxygen atoms in total. The van der Waals surface area contributed by atoms with E-state index in [9.17, 15) is 5.11 Å². The van der Waals surface area contributed by atoms with E-state index in [2.05, 4.69) is 25.2 Å². The van der Waals surface area contributed by atoms with Gasteiger partial charge in [0.15, 0.2) is 4.83 Å². The van der Waals surface area contributed by atoms with Crippen molar-refractivity contribution in [3.63, 3.8) is 0 Å². The minimum atomic E-state index is -0.0492. The molecule has 1 aliphatic heterocycles. The monoisotopic (exact) mass is 386 g/mol. The molecule has 2 aliphatic rings. The third kappa shape index (κ3) is 2.83. The van der Waals surface area contributed by atoms with Gasteiger partial charge in [-0.1, -0.05) is 11.3 Å². The second-order valence-electron chi connectivity index (χ2n) is 7.32. The second kappa shape index (κ2) is 6.85. The van der Waals surface area contributed by atoms with Gasteiger partial charge in [-0.2, -0.15) is 0 Å². The Balaban J connectivity index is 1.71. The maximum Gasteiger partial charge on any atom is 0.279 e. The zero-order valence-corrected chi connectivity index (χ0v) is 16.2. The fourth-order valence-corrected chi connectivity index (χ4v) is 5.31. The van der Waals surface area contributed by atoms with Crippen LogP contribution in [0.15, 0.2) is 6.33 Å². The number of nitrogens with zero attached hydrogens (tertiary/aromatic N) is 3. The number of aliphatic hydroxyl groups excluding tert-OH is 1. The first kappa shape index (κ1) is 17.1. The van der Waals surface area contributed by atoms with Gasteiger partial charge in [0, 0.05) is 11.6 Å². The number of anilines is 2. The molecule has 4 heterocycles. The third-order valence-electron chi connectivity index (χ3n) is 5.49. The molecular weight excluding hydrogens is 362 g/mol. The Kier molecular flexibility index (Phi) is 4.34. The van der Waals surface area contributed by atoms with E-state index in [0.29, 0.717) is 0 Å². The lowest BCUT2D eigenvalue weighted by Gasteiger charge is -2.23. The van der Waals surface area contributed by atoms with Gasteiger partial charge >= 0.3 is 0 Å². The van der Waals surface area contributed by atoms with Gasteiger partial charge in [0.1, 0.15) is 29.9 Å². The van der Waals surface area contributed by atoms with Gasteiger partial charge in [-0.05, 0) is 31.7 Å². The Morgan fingerprint density at radius 1 is 1.30 bits per heavy atom. The highest BCUT2D eigenvalue weighted by Gasteiger charge is 2.31. The van der Waals surface area contributed by atoms with Gasteiger partial charge in [0.05, 0.1) is 30.7 Å². The van der Waals surface area contributed by atoms with E-state index in [1.165, 1.54) is 28.8 Å². The van der Waals surface area contributed by atoms with Crippen molar-refractivity contribution in [2.75, 3.05) is 43.1 Å². The minimum Gasteiger partial charge on any atom is -0.394 e. The summed E-state index contributed by atoms with van der Waals surface area (Å²) in [6.07, 6.45) is 5.03. The van der Waals surface area contributed by atoms with Gasteiger partial charge in [-0.3, -0.25) is 4.90 Å². The van der Waals surface area contributed by atoms with Crippen LogP contribution in [-0.4, -0.2) is 54.0 Å². The van der Waals surface area contributed by atoms with E-state index < -0.39 is 0 Å². The van der Waals surface area contributed by atoms with Crippen molar-refractivity contribution >= 4 is 43.4 Å². The number of hydrogen-bond acceptors (Lipinski definition) is 7. The summed E-state index contributed by atoms with van der Waals surface area (Å²) in [4.78, 5) is 16.4. The summed E-state index contributed by atoms with van der Waals surface area (Å²) < 4.78 is 6.59. The summed E-state index contributed by atoms with van der Waals surface area (Å²) in [5, 5.41) is 14.0. The average Bonchev–Trinajstić information content (AvgIpc) is 3.32. The van der Waals surface area contributed by atoms with Crippen LogP contribution in [0.5, 0.6) is 0 Å². The molecule has 3 aromatic heterocycles. The Labute approximate surface area is 161 Å². The molecule has 27 heavy (non-hydrogen) atoms. The molecule has 3 N–H and O–H groups in total. The summed E-state index contributed by atoms with van der Waals surface area (Å²) in [6.45, 7) is 5.44. The SMILES string of the molecule is C[C@H](CO)Nc1ncnc2c1sc1[nH+]c(N3CCOCC3)c3c(c12)CCC3. The van der Waals surface area contributed by atoms with Crippen molar-refractivity contribution in [2.24, 2.45) is 0 Å². The van der Waals surface area contributed by atoms with Crippen molar-refractivity contribution in [3.8, 4) is 0 Å². The molecule has 142 valence electrons. The smallest absolute Gasteiger partial charge is 0.279 e. The van der Waals surface area contributed by atoms with Crippen LogP contribution in [-0.2, 0) is 17.6 Å². The summed E-state index contributed by atoms with van der Waals surface area (Å²) in [6, 6.07) is -0.0492. The van der Waals surface area contributed by atoms with E-state index in [1.807, 2.05) is 6.92 Å². The molecule has 1 aliphatic carbocycles. The highest BCUT2D eigenvalue weighted by molar-refractivity contribution is 7.25. The number of morpholine rings is 1. The molecule has 0 aromatic carbocycles. The summed E-state index contributed by atoms with van der Waals surface area (Å²) >= 11 is 1.70. The first-order valence-corrected chi connectivity index (χ1v) is 10.4. The highest BCUT2D eigenvalue weighted by atomic mass is 32.1. The van der Waals surface area contributed by atoms with Crippen LogP contribution in [0.25, 0.3) is 20.4 Å². The van der Waals surface area contributed by atoms with Gasteiger partial charge < -0.3 is 15.2 Å². The number of nitrogens with one attached hydrogen (secondary N) is 2. The fraction of sp³-hybridized carbons (Fsp3) is 0.526. The van der Waals surface area contributed by atoms with Gasteiger partial charge in [-0.15, -0.1) is 0 Å². The molecule has 1 fully saturated rings. The zero-order valence-electron chi connectivity index (χ0n) is 15.4. The third-order valence-corrected chi connectivity index (χ3v) is 6.59. The predicted molar refractivity (Wildman–Crippen MR) is 107 cm³/mol. The molecule has 0 unspecified atom stereocenters. The molecule has 1 atom stereocenters. The predicted octanol–water partition coefficient (Wildman–Crippen LogP) is 1.78. The lowest BCUT2D eigenvalue weighted by molar-refractivity contribution is -0.328. The number of thiophene rings is 1. The van der Waals surface area contributed by atoms with Crippen LogP contribution in [0.1, 0.15) is 24.5 Å². The van der Waals surface area contributed by atoms with Crippen molar-refractivity contribution in [1.29, 1.82) is 0 Å². The first-order chi connectivity index (χ1) is 13.3. The largest absolute Gasteiger partial charge is 0.394 e. The lowest BCUT2D eigenvalue weighted by atomic mass is 10.1. The topological polar surface area (TPSA) is 84.7 Å². The number of aliphatic hydroxyl groups is 1. The summed E-state index contributed by atoms with van der Waals surface area (Å²) in [5.41, 5.74) is 3.90. The van der Waals surface area contributed by atoms with Crippen molar-refractivity contribution < 1.29 is 14.8 Å². The van der Waals surface area contributed by atoms with Crippen molar-refractivity contribution in [3.05, 3.63) is 17.5 Å². The van der Waals surface area contributed by atoms with Crippen LogP contribution in [0, 0.1) is 0 Å². The molecule has 0 spiro atoms. The molecule has 5 rings (SSSR count). The van der Waals surface area contributed by atoms with E-state index in [-0.39, 0.29) is 12.6 Å². The van der Waals surface area contributed by atoms with E-state index in [0.717, 1.165) is 60.0 Å². The number of rotatable bonds is 4. The molecule has 8 heteroatoms. The number of H-pyrrole nitrogens is 1. The number of aromatic nitrogens is 3. The van der Waals surface area contributed by atoms with Crippen molar-refractivity contribution in [1.82, 2.24) is 9.97 Å². The van der Waals surface area contributed by atoms with E-state index >= 15 is 0 Å². The fourth-order valence-electron chi connectivity index (χ4n) is 4.18. The molecule has 0 bridgehead atoms. The number of fused-ring (bicyclic) bond motifs is 5. The first-order valence-electron chi connectivity index (χ1n) is 9.60. The number of hydrogen-bond donors (Lipinski definition) is 2. The van der Waals surface area contributed by atoms with Crippen molar-refractivity contribution in [2.45, 2.75) is 32.2 Å². The molecule has 3 aromatic rings. The standard InChI is InChI=1S/C19H23N5O2S/c1-11(9-25)22-17-16-15(20-10-21-17)14-12-3-2-4-13(12)18(23-19(14)27-16)24-5-7-26-8-6-24/h10-11,25H,2-9H2,1H3,(H,20,21,22)/p+1/t11-/m1/s1. The van der Waals surface area contributed by atoms with Crippen LogP contribution in [0.3, 0.4) is 0 Å². The summed E-state index contributed by atoms with van der Waals surface area (Å²) in [7, 11) is 0. The van der Waals surface area contributed by atoms with E-state index in [4.69, 9.17) is 4.74 Å². The quantitative estimate of drug-likeness (QED) is 0.711. The van der Waals surface area contributed by atoms with Gasteiger partial charge in [0.25, 0.3) is 5.82 Å². The summed E-state index contributed by atoms with van der Waals surface area (Å²) in [5.74, 6) is 2.06. The Bertz CT molecular complexity index is 999. The molecular formula is C19H24N5O2S+. The maximum atomic E-state index is 9.39. The minimum absolute atomic E-state index is 0.0492. The molecule has 0 radical (unpaired) electrons. The van der Waals surface area contributed by atoms with Crippen LogP contribution in [0.4, 0.5) is 11.6 Å². The van der Waals surface area contributed by atoms with Gasteiger partial charge in [-0.25, -0.2) is 15.0 Å². The number of aromatic amines is 1. The van der Waals surface area contributed by atoms with Crippen LogP contribution in [0.2, 0.25) is 0 Å². The number of aryl methyl sites for hydroxylation is 1. The lowest BCUT2D eigenvalue weighted by Crippen LogP contribution is -2.40. The van der Waals surface area contributed by atoms with E-state index in [1.54, 1.807) is 17.7 Å². The number of ether oxygens (including phenoxy) is 1. The number of pyridine rings is 1. The highest BCUT2D eigenvalue weighted by Crippen LogP contribution is 2.41. The second-order valence-corrected chi connectivity index (χ2v) is 8.34. The van der Waals surface area contributed by atoms with Gasteiger partial charge in [0.2, 0.25) is 0 Å². The van der Waals surface area contributed by atoms with Crippen LogP contribution >= 0.6 is 11.3 Å².